The standard InChI is InChI=1S/C8H10O12/c9-1(3(11)12)7(19,5(15)16)8(20,6(17)18)2(10)4(13)14/h1-2,9-10,19-20H,(H,11,12)(H,13,14)(H,15,16)(H,17,18). The zero-order valence-electron chi connectivity index (χ0n) is 9.37. The number of aliphatic hydroxyl groups is 4. The van der Waals surface area contributed by atoms with Crippen LogP contribution in [0.3, 0.4) is 0 Å². The fourth-order valence-electron chi connectivity index (χ4n) is 1.33. The second kappa shape index (κ2) is 5.38. The largest absolute Gasteiger partial charge is 0.479 e. The van der Waals surface area contributed by atoms with Crippen LogP contribution in [0.1, 0.15) is 0 Å². The van der Waals surface area contributed by atoms with E-state index in [1.54, 1.807) is 0 Å². The van der Waals surface area contributed by atoms with Gasteiger partial charge in [0.05, 0.1) is 0 Å². The molecule has 0 radical (unpaired) electrons. The van der Waals surface area contributed by atoms with Crippen molar-refractivity contribution in [2.45, 2.75) is 23.4 Å². The Morgan fingerprint density at radius 2 is 0.850 bits per heavy atom. The van der Waals surface area contributed by atoms with Crippen LogP contribution in [0.2, 0.25) is 0 Å². The molecule has 0 aliphatic rings. The molecule has 20 heavy (non-hydrogen) atoms. The van der Waals surface area contributed by atoms with Gasteiger partial charge in [-0.05, 0) is 0 Å². The van der Waals surface area contributed by atoms with E-state index in [0.717, 1.165) is 0 Å². The predicted molar refractivity (Wildman–Crippen MR) is 52.5 cm³/mol. The molecule has 0 amide bonds. The maximum Gasteiger partial charge on any atom is 0.343 e. The summed E-state index contributed by atoms with van der Waals surface area (Å²) in [5.41, 5.74) is -8.88. The van der Waals surface area contributed by atoms with Gasteiger partial charge in [0.1, 0.15) is 0 Å². The third-order valence-electron chi connectivity index (χ3n) is 2.49. The van der Waals surface area contributed by atoms with E-state index in [1.807, 2.05) is 0 Å². The third-order valence-corrected chi connectivity index (χ3v) is 2.49. The van der Waals surface area contributed by atoms with Crippen molar-refractivity contribution in [3.05, 3.63) is 0 Å². The molecule has 12 heteroatoms. The van der Waals surface area contributed by atoms with Gasteiger partial charge in [-0.3, -0.25) is 0 Å². The van der Waals surface area contributed by atoms with E-state index in [9.17, 15) is 29.4 Å². The van der Waals surface area contributed by atoms with Crippen molar-refractivity contribution in [2.75, 3.05) is 0 Å². The van der Waals surface area contributed by atoms with Gasteiger partial charge in [-0.2, -0.15) is 0 Å². The second-order valence-corrected chi connectivity index (χ2v) is 3.62. The number of hydrogen-bond donors (Lipinski definition) is 8. The molecule has 0 fully saturated rings. The van der Waals surface area contributed by atoms with Crippen molar-refractivity contribution in [2.24, 2.45) is 0 Å². The molecule has 0 aromatic heterocycles. The Hall–Kier alpha value is -2.28. The predicted octanol–water partition coefficient (Wildman–Crippen LogP) is -4.49. The lowest BCUT2D eigenvalue weighted by Crippen LogP contribution is -2.76. The average Bonchev–Trinajstić information content (AvgIpc) is 2.33. The van der Waals surface area contributed by atoms with Crippen molar-refractivity contribution >= 4 is 23.9 Å². The molecule has 0 rings (SSSR count). The summed E-state index contributed by atoms with van der Waals surface area (Å²) in [4.78, 5) is 42.7. The Morgan fingerprint density at radius 3 is 0.950 bits per heavy atom. The zero-order valence-corrected chi connectivity index (χ0v) is 9.37. The average molecular weight is 298 g/mol. The molecular weight excluding hydrogens is 288 g/mol. The minimum atomic E-state index is -4.44. The van der Waals surface area contributed by atoms with Gasteiger partial charge in [0.25, 0.3) is 0 Å². The van der Waals surface area contributed by atoms with E-state index in [4.69, 9.17) is 30.6 Å². The van der Waals surface area contributed by atoms with Gasteiger partial charge < -0.3 is 40.9 Å². The van der Waals surface area contributed by atoms with Crippen LogP contribution < -0.4 is 0 Å². The highest BCUT2D eigenvalue weighted by Gasteiger charge is 2.71. The van der Waals surface area contributed by atoms with Crippen LogP contribution >= 0.6 is 0 Å². The van der Waals surface area contributed by atoms with Crippen molar-refractivity contribution in [3.8, 4) is 0 Å². The first kappa shape index (κ1) is 17.7. The molecule has 114 valence electrons. The number of carboxylic acids is 4. The zero-order chi connectivity index (χ0) is 16.5. The van der Waals surface area contributed by atoms with Gasteiger partial charge in [0, 0.05) is 0 Å². The SMILES string of the molecule is O=C(O)C(O)C(O)(C(=O)O)C(O)(C(=O)O)C(O)C(=O)O. The lowest BCUT2D eigenvalue weighted by Gasteiger charge is -2.39. The molecule has 8 N–H and O–H groups in total. The Kier molecular flexibility index (Phi) is 4.76. The minimum absolute atomic E-state index is 2.48. The Balaban J connectivity index is 6.36. The first-order valence-electron chi connectivity index (χ1n) is 4.58. The lowest BCUT2D eigenvalue weighted by molar-refractivity contribution is -0.249. The molecule has 4 atom stereocenters. The topological polar surface area (TPSA) is 230 Å². The van der Waals surface area contributed by atoms with Gasteiger partial charge in [-0.1, -0.05) is 0 Å². The quantitative estimate of drug-likeness (QED) is 0.222. The van der Waals surface area contributed by atoms with Crippen molar-refractivity contribution in [1.82, 2.24) is 0 Å². The van der Waals surface area contributed by atoms with Crippen molar-refractivity contribution < 1.29 is 60.0 Å². The van der Waals surface area contributed by atoms with E-state index in [0.29, 0.717) is 0 Å². The highest BCUT2D eigenvalue weighted by atomic mass is 16.5. The van der Waals surface area contributed by atoms with Gasteiger partial charge in [0.2, 0.25) is 11.2 Å². The molecule has 0 bridgehead atoms. The molecule has 0 saturated carbocycles. The molecule has 0 aromatic rings. The normalized spacial score (nSPS) is 20.0. The molecule has 0 aromatic carbocycles. The Bertz CT molecular complexity index is 414. The van der Waals surface area contributed by atoms with E-state index >= 15 is 0 Å². The van der Waals surface area contributed by atoms with Crippen LogP contribution in [-0.2, 0) is 19.2 Å². The number of rotatable bonds is 7. The summed E-state index contributed by atoms with van der Waals surface area (Å²) < 4.78 is 0. The molecule has 0 heterocycles. The number of hydrogen-bond acceptors (Lipinski definition) is 8. The first-order valence-corrected chi connectivity index (χ1v) is 4.58. The van der Waals surface area contributed by atoms with Gasteiger partial charge in [-0.25, -0.2) is 19.2 Å². The van der Waals surface area contributed by atoms with E-state index in [-0.39, 0.29) is 0 Å². The molecular formula is C8H10O12. The monoisotopic (exact) mass is 298 g/mol. The fourth-order valence-corrected chi connectivity index (χ4v) is 1.33. The fraction of sp³-hybridized carbons (Fsp3) is 0.500. The summed E-state index contributed by atoms with van der Waals surface area (Å²) in [7, 11) is 0. The van der Waals surface area contributed by atoms with E-state index in [1.165, 1.54) is 0 Å². The number of carboxylic acid groups (broad SMARTS) is 4. The molecule has 0 spiro atoms. The minimum Gasteiger partial charge on any atom is -0.479 e. The van der Waals surface area contributed by atoms with Crippen molar-refractivity contribution in [1.29, 1.82) is 0 Å². The van der Waals surface area contributed by atoms with E-state index in [2.05, 4.69) is 0 Å². The molecule has 0 aliphatic carbocycles. The maximum absolute atomic E-state index is 10.8. The summed E-state index contributed by atoms with van der Waals surface area (Å²) in [5, 5.41) is 71.4. The van der Waals surface area contributed by atoms with Crippen LogP contribution in [0.4, 0.5) is 0 Å². The smallest absolute Gasteiger partial charge is 0.343 e. The summed E-state index contributed by atoms with van der Waals surface area (Å²) in [6.07, 6.45) is -6.90. The number of carbonyl (C=O) groups is 4. The Morgan fingerprint density at radius 1 is 0.650 bits per heavy atom. The van der Waals surface area contributed by atoms with Crippen LogP contribution in [-0.4, -0.2) is 88.1 Å². The highest BCUT2D eigenvalue weighted by molar-refractivity contribution is 5.99. The van der Waals surface area contributed by atoms with Gasteiger partial charge in [-0.15, -0.1) is 0 Å². The summed E-state index contributed by atoms with van der Waals surface area (Å²) >= 11 is 0. The summed E-state index contributed by atoms with van der Waals surface area (Å²) in [5.74, 6) is -10.5. The van der Waals surface area contributed by atoms with Crippen LogP contribution in [0.15, 0.2) is 0 Å². The third kappa shape index (κ3) is 2.27. The van der Waals surface area contributed by atoms with Crippen molar-refractivity contribution in [3.63, 3.8) is 0 Å². The summed E-state index contributed by atoms with van der Waals surface area (Å²) in [6.45, 7) is 0. The maximum atomic E-state index is 10.8. The first-order chi connectivity index (χ1) is 8.84. The lowest BCUT2D eigenvalue weighted by atomic mass is 9.74. The molecule has 4 unspecified atom stereocenters. The van der Waals surface area contributed by atoms with Gasteiger partial charge in [0.15, 0.2) is 12.2 Å². The summed E-state index contributed by atoms with van der Waals surface area (Å²) in [6, 6.07) is 0. The Labute approximate surface area is 108 Å². The molecule has 0 saturated heterocycles. The van der Waals surface area contributed by atoms with E-state index < -0.39 is 47.3 Å². The van der Waals surface area contributed by atoms with Gasteiger partial charge >= 0.3 is 23.9 Å². The number of aliphatic hydroxyl groups excluding tert-OH is 2. The highest BCUT2D eigenvalue weighted by Crippen LogP contribution is 2.31. The molecule has 12 nitrogen and oxygen atoms in total. The van der Waals surface area contributed by atoms with Crippen LogP contribution in [0.5, 0.6) is 0 Å². The van der Waals surface area contributed by atoms with Crippen LogP contribution in [0, 0.1) is 0 Å². The van der Waals surface area contributed by atoms with Crippen LogP contribution in [0.25, 0.3) is 0 Å². The number of aliphatic carboxylic acids is 4. The molecule has 0 aliphatic heterocycles. The second-order valence-electron chi connectivity index (χ2n) is 3.62.